The molecule has 0 aromatic heterocycles. The minimum atomic E-state index is -0.804. The lowest BCUT2D eigenvalue weighted by atomic mass is 9.70. The van der Waals surface area contributed by atoms with Crippen LogP contribution in [0, 0.1) is 31.6 Å². The number of aliphatic hydroxyl groups is 1. The van der Waals surface area contributed by atoms with E-state index in [1.807, 2.05) is 76.2 Å². The monoisotopic (exact) mass is 627 g/mol. The van der Waals surface area contributed by atoms with Crippen LogP contribution in [0.4, 0.5) is 5.69 Å². The van der Waals surface area contributed by atoms with Gasteiger partial charge >= 0.3 is 0 Å². The smallest absolute Gasteiger partial charge is 0.248 e. The van der Waals surface area contributed by atoms with Crippen molar-refractivity contribution < 1.29 is 19.5 Å². The first kappa shape index (κ1) is 29.1. The van der Waals surface area contributed by atoms with E-state index >= 15 is 0 Å². The zero-order chi connectivity index (χ0) is 28.8. The molecule has 9 heteroatoms. The number of fused-ring (bicyclic) bond motifs is 1. The number of nitrogens with one attached hydrogen (secondary N) is 2. The van der Waals surface area contributed by atoms with Gasteiger partial charge in [-0.05, 0) is 49.3 Å². The van der Waals surface area contributed by atoms with Crippen molar-refractivity contribution in [3.8, 4) is 0 Å². The zero-order valence-corrected chi connectivity index (χ0v) is 25.8. The molecule has 2 bridgehead atoms. The van der Waals surface area contributed by atoms with Gasteiger partial charge in [-0.15, -0.1) is 11.8 Å². The average molecular weight is 629 g/mol. The highest BCUT2D eigenvalue weighted by Gasteiger charge is 2.76. The average Bonchev–Trinajstić information content (AvgIpc) is 3.51. The number of hydrogen-bond acceptors (Lipinski definition) is 5. The fourth-order valence-electron chi connectivity index (χ4n) is 6.99. The standard InChI is InChI=1S/C31H38BrN3O4S/c1-17(2)13-21(16-36)35-27(29(38)34-25-18(3)9-8-10-19(25)4)31-14-22(32)26(40-31)23(24(31)30(35)39)28(37)33-15-20-11-6-5-7-12-20/h5-12,17,21-24,26-27,36H,13-16H2,1-4H3,(H,33,37)(H,34,38)/t21-,22?,23-,24+,26-,27?,31?/m1/s1. The predicted molar refractivity (Wildman–Crippen MR) is 162 cm³/mol. The Bertz CT molecular complexity index is 1270. The normalized spacial score (nSPS) is 29.5. The van der Waals surface area contributed by atoms with Gasteiger partial charge in [-0.3, -0.25) is 14.4 Å². The molecule has 5 rings (SSSR count). The fraction of sp³-hybridized carbons (Fsp3) is 0.516. The summed E-state index contributed by atoms with van der Waals surface area (Å²) in [6, 6.07) is 14.2. The van der Waals surface area contributed by atoms with Gasteiger partial charge in [0.25, 0.3) is 0 Å². The molecular weight excluding hydrogens is 590 g/mol. The number of benzene rings is 2. The van der Waals surface area contributed by atoms with Crippen LogP contribution in [-0.4, -0.2) is 61.2 Å². The highest BCUT2D eigenvalue weighted by molar-refractivity contribution is 9.09. The predicted octanol–water partition coefficient (Wildman–Crippen LogP) is 4.43. The lowest BCUT2D eigenvalue weighted by Crippen LogP contribution is -2.55. The number of nitrogens with zero attached hydrogens (tertiary/aromatic N) is 1. The molecule has 3 fully saturated rings. The molecule has 3 N–H and O–H groups in total. The molecule has 3 heterocycles. The fourth-order valence-corrected chi connectivity index (χ4v) is 10.6. The zero-order valence-electron chi connectivity index (χ0n) is 23.4. The number of thioether (sulfide) groups is 1. The van der Waals surface area contributed by atoms with Crippen LogP contribution in [-0.2, 0) is 20.9 Å². The number of aliphatic hydroxyl groups excluding tert-OH is 1. The van der Waals surface area contributed by atoms with Crippen molar-refractivity contribution in [1.29, 1.82) is 0 Å². The van der Waals surface area contributed by atoms with Crippen LogP contribution in [0.5, 0.6) is 0 Å². The van der Waals surface area contributed by atoms with E-state index in [0.717, 1.165) is 22.4 Å². The molecule has 3 aliphatic rings. The molecule has 214 valence electrons. The Balaban J connectivity index is 1.52. The van der Waals surface area contributed by atoms with Crippen LogP contribution in [0.15, 0.2) is 48.5 Å². The first-order chi connectivity index (χ1) is 19.1. The van der Waals surface area contributed by atoms with E-state index in [1.165, 1.54) is 0 Å². The lowest BCUT2D eigenvalue weighted by molar-refractivity contribution is -0.142. The number of anilines is 1. The van der Waals surface area contributed by atoms with Crippen LogP contribution in [0.25, 0.3) is 0 Å². The number of alkyl halides is 1. The molecule has 2 aromatic rings. The van der Waals surface area contributed by atoms with E-state index in [0.29, 0.717) is 19.4 Å². The Hall–Kier alpha value is -2.36. The van der Waals surface area contributed by atoms with E-state index in [9.17, 15) is 19.5 Å². The molecule has 40 heavy (non-hydrogen) atoms. The van der Waals surface area contributed by atoms with Gasteiger partial charge in [0.15, 0.2) is 0 Å². The molecule has 0 aliphatic carbocycles. The maximum absolute atomic E-state index is 14.4. The Morgan fingerprint density at radius 3 is 2.40 bits per heavy atom. The van der Waals surface area contributed by atoms with Crippen molar-refractivity contribution in [2.45, 2.75) is 74.0 Å². The summed E-state index contributed by atoms with van der Waals surface area (Å²) in [5.74, 6) is -1.61. The summed E-state index contributed by atoms with van der Waals surface area (Å²) >= 11 is 5.43. The largest absolute Gasteiger partial charge is 0.394 e. The van der Waals surface area contributed by atoms with Gasteiger partial charge in [0.05, 0.1) is 29.2 Å². The van der Waals surface area contributed by atoms with Crippen LogP contribution in [0.2, 0.25) is 0 Å². The number of carbonyl (C=O) groups excluding carboxylic acids is 3. The minimum absolute atomic E-state index is 0.0119. The van der Waals surface area contributed by atoms with Crippen molar-refractivity contribution in [1.82, 2.24) is 10.2 Å². The number of aryl methyl sites for hydroxylation is 2. The Morgan fingerprint density at radius 1 is 1.10 bits per heavy atom. The third kappa shape index (κ3) is 4.98. The van der Waals surface area contributed by atoms with Gasteiger partial charge in [0.1, 0.15) is 6.04 Å². The third-order valence-corrected chi connectivity index (χ3v) is 11.9. The van der Waals surface area contributed by atoms with E-state index in [1.54, 1.807) is 16.7 Å². The van der Waals surface area contributed by atoms with Crippen LogP contribution in [0.1, 0.15) is 43.4 Å². The number of halogens is 1. The topological polar surface area (TPSA) is 98.7 Å². The van der Waals surface area contributed by atoms with E-state index in [4.69, 9.17) is 0 Å². The molecule has 3 saturated heterocycles. The summed E-state index contributed by atoms with van der Waals surface area (Å²) in [7, 11) is 0. The van der Waals surface area contributed by atoms with Gasteiger partial charge in [-0.1, -0.05) is 78.3 Å². The molecule has 0 saturated carbocycles. The van der Waals surface area contributed by atoms with E-state index < -0.39 is 28.7 Å². The highest BCUT2D eigenvalue weighted by Crippen LogP contribution is 2.68. The van der Waals surface area contributed by atoms with Crippen LogP contribution >= 0.6 is 27.7 Å². The van der Waals surface area contributed by atoms with Gasteiger partial charge in [0.2, 0.25) is 17.7 Å². The molecule has 3 unspecified atom stereocenters. The summed E-state index contributed by atoms with van der Waals surface area (Å²) in [4.78, 5) is 44.0. The molecular formula is C31H38BrN3O4S. The summed E-state index contributed by atoms with van der Waals surface area (Å²) < 4.78 is -0.768. The van der Waals surface area contributed by atoms with Crippen molar-refractivity contribution >= 4 is 51.1 Å². The summed E-state index contributed by atoms with van der Waals surface area (Å²) in [5.41, 5.74) is 3.62. The van der Waals surface area contributed by atoms with E-state index in [-0.39, 0.29) is 40.3 Å². The van der Waals surface area contributed by atoms with Crippen molar-refractivity contribution in [3.05, 3.63) is 65.2 Å². The number of rotatable bonds is 9. The number of para-hydroxylation sites is 1. The molecule has 0 radical (unpaired) electrons. The van der Waals surface area contributed by atoms with E-state index in [2.05, 4.69) is 26.6 Å². The van der Waals surface area contributed by atoms with Gasteiger partial charge < -0.3 is 20.6 Å². The highest BCUT2D eigenvalue weighted by atomic mass is 79.9. The Kier molecular flexibility index (Phi) is 8.37. The van der Waals surface area contributed by atoms with Crippen LogP contribution < -0.4 is 10.6 Å². The summed E-state index contributed by atoms with van der Waals surface area (Å²) in [6.45, 7) is 8.13. The summed E-state index contributed by atoms with van der Waals surface area (Å²) in [5, 5.41) is 16.6. The minimum Gasteiger partial charge on any atom is -0.394 e. The second kappa shape index (κ2) is 11.5. The van der Waals surface area contributed by atoms with Crippen molar-refractivity contribution in [2.75, 3.05) is 11.9 Å². The number of amides is 3. The maximum atomic E-state index is 14.4. The van der Waals surface area contributed by atoms with Gasteiger partial charge in [0, 0.05) is 22.3 Å². The van der Waals surface area contributed by atoms with Gasteiger partial charge in [-0.2, -0.15) is 0 Å². The first-order valence-corrected chi connectivity index (χ1v) is 15.8. The molecule has 3 amide bonds. The quantitative estimate of drug-likeness (QED) is 0.357. The lowest BCUT2D eigenvalue weighted by Gasteiger charge is -2.38. The molecule has 3 aliphatic heterocycles. The number of hydrogen-bond donors (Lipinski definition) is 3. The van der Waals surface area contributed by atoms with Gasteiger partial charge in [-0.25, -0.2) is 0 Å². The second-order valence-corrected chi connectivity index (χ2v) is 14.6. The SMILES string of the molecule is Cc1cccc(C)c1NC(=O)C1N([C@@H](CO)CC(C)C)C(=O)[C@@H]2[C@@H](C(=O)NCc3ccccc3)[C@@H]3SC12CC3Br. The first-order valence-electron chi connectivity index (χ1n) is 14.0. The summed E-state index contributed by atoms with van der Waals surface area (Å²) in [6.07, 6.45) is 1.16. The molecule has 7 nitrogen and oxygen atoms in total. The van der Waals surface area contributed by atoms with Crippen molar-refractivity contribution in [2.24, 2.45) is 17.8 Å². The van der Waals surface area contributed by atoms with Crippen molar-refractivity contribution in [3.63, 3.8) is 0 Å². The Morgan fingerprint density at radius 2 is 1.77 bits per heavy atom. The second-order valence-electron chi connectivity index (χ2n) is 11.8. The molecule has 2 aromatic carbocycles. The molecule has 7 atom stereocenters. The third-order valence-electron chi connectivity index (χ3n) is 8.66. The number of carbonyl (C=O) groups is 3. The molecule has 1 spiro atoms. The Labute approximate surface area is 249 Å². The maximum Gasteiger partial charge on any atom is 0.248 e. The van der Waals surface area contributed by atoms with Crippen LogP contribution in [0.3, 0.4) is 0 Å². The number of likely N-dealkylation sites (tertiary alicyclic amines) is 1.